The number of nitrogens with zero attached hydrogens (tertiary/aromatic N) is 3. The minimum Gasteiger partial charge on any atom is -0.479 e. The first-order chi connectivity index (χ1) is 14.8. The van der Waals surface area contributed by atoms with E-state index in [-0.39, 0.29) is 5.91 Å². The summed E-state index contributed by atoms with van der Waals surface area (Å²) in [5, 5.41) is 13.4. The molecular weight excluding hydrogens is 459 g/mol. The first kappa shape index (κ1) is 21.4. The van der Waals surface area contributed by atoms with Crippen molar-refractivity contribution >= 4 is 57.4 Å². The van der Waals surface area contributed by atoms with Crippen LogP contribution in [0.1, 0.15) is 12.5 Å². The number of halogens is 3. The third kappa shape index (κ3) is 4.77. The topological polar surface area (TPSA) is 69.0 Å². The van der Waals surface area contributed by atoms with E-state index in [0.29, 0.717) is 37.5 Å². The van der Waals surface area contributed by atoms with Gasteiger partial charge in [0, 0.05) is 15.7 Å². The van der Waals surface area contributed by atoms with Crippen LogP contribution in [-0.2, 0) is 4.79 Å². The van der Waals surface area contributed by atoms with Crippen molar-refractivity contribution in [1.82, 2.24) is 15.0 Å². The van der Waals surface area contributed by atoms with E-state index in [2.05, 4.69) is 15.5 Å². The molecule has 6 nitrogen and oxygen atoms in total. The van der Waals surface area contributed by atoms with E-state index < -0.39 is 6.10 Å². The van der Waals surface area contributed by atoms with Crippen LogP contribution in [0.3, 0.4) is 0 Å². The average Bonchev–Trinajstić information content (AvgIpc) is 3.13. The van der Waals surface area contributed by atoms with Crippen LogP contribution in [0.25, 0.3) is 16.7 Å². The Labute approximate surface area is 193 Å². The number of rotatable bonds is 5. The largest absolute Gasteiger partial charge is 0.479 e. The summed E-state index contributed by atoms with van der Waals surface area (Å²) in [4.78, 5) is 14.2. The van der Waals surface area contributed by atoms with Crippen LogP contribution in [0.15, 0.2) is 54.6 Å². The van der Waals surface area contributed by atoms with Crippen LogP contribution in [0.5, 0.6) is 5.75 Å². The van der Waals surface area contributed by atoms with Gasteiger partial charge < -0.3 is 10.1 Å². The van der Waals surface area contributed by atoms with Crippen molar-refractivity contribution in [2.24, 2.45) is 0 Å². The predicted octanol–water partition coefficient (Wildman–Crippen LogP) is 6.10. The zero-order valence-electron chi connectivity index (χ0n) is 16.6. The lowest BCUT2D eigenvalue weighted by Crippen LogP contribution is -2.30. The van der Waals surface area contributed by atoms with Crippen LogP contribution in [0, 0.1) is 6.92 Å². The minimum atomic E-state index is -0.779. The second kappa shape index (κ2) is 8.75. The van der Waals surface area contributed by atoms with Gasteiger partial charge >= 0.3 is 0 Å². The Morgan fingerprint density at radius 2 is 1.61 bits per heavy atom. The maximum absolute atomic E-state index is 12.7. The molecule has 158 valence electrons. The highest BCUT2D eigenvalue weighted by Crippen LogP contribution is 2.29. The molecule has 4 aromatic rings. The fraction of sp³-hybridized carbons (Fsp3) is 0.136. The summed E-state index contributed by atoms with van der Waals surface area (Å²) in [5.41, 5.74) is 3.61. The van der Waals surface area contributed by atoms with Gasteiger partial charge in [0.15, 0.2) is 6.10 Å². The van der Waals surface area contributed by atoms with E-state index >= 15 is 0 Å². The number of fused-ring (bicyclic) bond motifs is 1. The van der Waals surface area contributed by atoms with Crippen LogP contribution < -0.4 is 10.1 Å². The molecule has 0 saturated carbocycles. The minimum absolute atomic E-state index is 0.321. The van der Waals surface area contributed by atoms with Gasteiger partial charge in [0.25, 0.3) is 5.91 Å². The van der Waals surface area contributed by atoms with Crippen molar-refractivity contribution < 1.29 is 9.53 Å². The van der Waals surface area contributed by atoms with Gasteiger partial charge in [-0.15, -0.1) is 10.2 Å². The summed E-state index contributed by atoms with van der Waals surface area (Å²) in [6.45, 7) is 3.53. The Morgan fingerprint density at radius 1 is 0.968 bits per heavy atom. The normalized spacial score (nSPS) is 12.0. The molecule has 4 rings (SSSR count). The Kier molecular flexibility index (Phi) is 6.05. The molecule has 1 amide bonds. The smallest absolute Gasteiger partial charge is 0.265 e. The summed E-state index contributed by atoms with van der Waals surface area (Å²) in [7, 11) is 0. The molecule has 0 aliphatic heterocycles. The van der Waals surface area contributed by atoms with Gasteiger partial charge in [-0.1, -0.05) is 34.8 Å². The maximum atomic E-state index is 12.7. The van der Waals surface area contributed by atoms with Crippen molar-refractivity contribution in [3.63, 3.8) is 0 Å². The van der Waals surface area contributed by atoms with Crippen LogP contribution in [-0.4, -0.2) is 27.0 Å². The summed E-state index contributed by atoms with van der Waals surface area (Å²) >= 11 is 18.0. The van der Waals surface area contributed by atoms with Gasteiger partial charge in [0.1, 0.15) is 16.8 Å². The third-order valence-electron chi connectivity index (χ3n) is 4.61. The summed E-state index contributed by atoms with van der Waals surface area (Å²) in [6.07, 6.45) is -0.779. The van der Waals surface area contributed by atoms with Crippen molar-refractivity contribution in [1.29, 1.82) is 0 Å². The van der Waals surface area contributed by atoms with Gasteiger partial charge in [0.2, 0.25) is 0 Å². The number of anilines is 1. The Balaban J connectivity index is 1.53. The molecular formula is C22H17Cl3N4O2. The Bertz CT molecular complexity index is 1270. The number of carbonyl (C=O) groups is 1. The molecule has 0 fully saturated rings. The fourth-order valence-electron chi connectivity index (χ4n) is 2.94. The lowest BCUT2D eigenvalue weighted by molar-refractivity contribution is -0.122. The quantitative estimate of drug-likeness (QED) is 0.379. The number of benzene rings is 3. The maximum Gasteiger partial charge on any atom is 0.265 e. The van der Waals surface area contributed by atoms with Crippen molar-refractivity contribution in [3.05, 3.63) is 75.2 Å². The second-order valence-corrected chi connectivity index (χ2v) is 8.23. The molecule has 0 spiro atoms. The van der Waals surface area contributed by atoms with Crippen LogP contribution in [0.2, 0.25) is 15.1 Å². The summed E-state index contributed by atoms with van der Waals surface area (Å²) in [6, 6.07) is 15.7. The summed E-state index contributed by atoms with van der Waals surface area (Å²) < 4.78 is 5.69. The summed E-state index contributed by atoms with van der Waals surface area (Å²) in [5.74, 6) is 0.0605. The highest BCUT2D eigenvalue weighted by Gasteiger charge is 2.18. The number of carbonyl (C=O) groups excluding carboxylic acids is 1. The van der Waals surface area contributed by atoms with Gasteiger partial charge in [-0.25, -0.2) is 0 Å². The monoisotopic (exact) mass is 474 g/mol. The molecule has 9 heteroatoms. The van der Waals surface area contributed by atoms with Crippen molar-refractivity contribution in [2.45, 2.75) is 20.0 Å². The number of hydrogen-bond donors (Lipinski definition) is 1. The van der Waals surface area contributed by atoms with E-state index in [4.69, 9.17) is 39.5 Å². The van der Waals surface area contributed by atoms with E-state index in [0.717, 1.165) is 11.3 Å². The zero-order valence-corrected chi connectivity index (χ0v) is 18.8. The highest BCUT2D eigenvalue weighted by atomic mass is 35.5. The van der Waals surface area contributed by atoms with Crippen molar-refractivity contribution in [3.8, 4) is 11.4 Å². The van der Waals surface area contributed by atoms with E-state index in [1.165, 1.54) is 4.80 Å². The molecule has 0 aliphatic carbocycles. The molecule has 31 heavy (non-hydrogen) atoms. The third-order valence-corrected chi connectivity index (χ3v) is 5.39. The number of aromatic nitrogens is 3. The van der Waals surface area contributed by atoms with Gasteiger partial charge in [0.05, 0.1) is 10.7 Å². The molecule has 0 aliphatic rings. The van der Waals surface area contributed by atoms with Crippen molar-refractivity contribution in [2.75, 3.05) is 5.32 Å². The molecule has 1 N–H and O–H groups in total. The number of amides is 1. The molecule has 3 aromatic carbocycles. The molecule has 1 atom stereocenters. The highest BCUT2D eigenvalue weighted by molar-refractivity contribution is 6.35. The van der Waals surface area contributed by atoms with E-state index in [9.17, 15) is 4.79 Å². The fourth-order valence-corrected chi connectivity index (χ4v) is 3.52. The van der Waals surface area contributed by atoms with E-state index in [1.807, 2.05) is 25.1 Å². The Hall–Kier alpha value is -2.80. The standard InChI is InChI=1S/C22H17Cl3N4O2/c1-12-9-19-20(28-29(27-19)16-6-3-14(23)4-7-16)11-18(12)26-22(30)13(2)31-21-8-5-15(24)10-17(21)25/h3-11,13H,1-2H3,(H,26,30). The van der Waals surface area contributed by atoms with Crippen LogP contribution >= 0.6 is 34.8 Å². The SMILES string of the molecule is Cc1cc2nn(-c3ccc(Cl)cc3)nc2cc1NC(=O)C(C)Oc1ccc(Cl)cc1Cl. The number of ether oxygens (including phenoxy) is 1. The lowest BCUT2D eigenvalue weighted by Gasteiger charge is -2.16. The van der Waals surface area contributed by atoms with E-state index in [1.54, 1.807) is 43.3 Å². The Morgan fingerprint density at radius 3 is 2.29 bits per heavy atom. The predicted molar refractivity (Wildman–Crippen MR) is 124 cm³/mol. The number of nitrogens with one attached hydrogen (secondary N) is 1. The number of aryl methyl sites for hydroxylation is 1. The molecule has 0 radical (unpaired) electrons. The second-order valence-electron chi connectivity index (χ2n) is 6.95. The molecule has 0 saturated heterocycles. The van der Waals surface area contributed by atoms with Gasteiger partial charge in [-0.2, -0.15) is 4.80 Å². The molecule has 1 aromatic heterocycles. The lowest BCUT2D eigenvalue weighted by atomic mass is 10.1. The first-order valence-electron chi connectivity index (χ1n) is 9.36. The average molecular weight is 476 g/mol. The molecule has 1 unspecified atom stereocenters. The van der Waals surface area contributed by atoms with Crippen LogP contribution in [0.4, 0.5) is 5.69 Å². The zero-order chi connectivity index (χ0) is 22.1. The van der Waals surface area contributed by atoms with Gasteiger partial charge in [-0.05, 0) is 74.0 Å². The first-order valence-corrected chi connectivity index (χ1v) is 10.5. The van der Waals surface area contributed by atoms with Gasteiger partial charge in [-0.3, -0.25) is 4.79 Å². The molecule has 1 heterocycles. The molecule has 0 bridgehead atoms. The number of hydrogen-bond acceptors (Lipinski definition) is 4.